The summed E-state index contributed by atoms with van der Waals surface area (Å²) in [5, 5.41) is 6.17. The van der Waals surface area contributed by atoms with Gasteiger partial charge in [0.05, 0.1) is 11.6 Å². The number of pyridine rings is 1. The van der Waals surface area contributed by atoms with Crippen LogP contribution in [0.25, 0.3) is 0 Å². The van der Waals surface area contributed by atoms with E-state index >= 15 is 0 Å². The van der Waals surface area contributed by atoms with Gasteiger partial charge >= 0.3 is 0 Å². The van der Waals surface area contributed by atoms with Crippen LogP contribution in [0.4, 0.5) is 11.5 Å². The Bertz CT molecular complexity index is 892. The van der Waals surface area contributed by atoms with Crippen molar-refractivity contribution < 1.29 is 9.59 Å². The smallest absolute Gasteiger partial charge is 0.252 e. The highest BCUT2D eigenvalue weighted by Crippen LogP contribution is 2.49. The van der Waals surface area contributed by atoms with Gasteiger partial charge in [-0.2, -0.15) is 0 Å². The maximum Gasteiger partial charge on any atom is 0.252 e. The van der Waals surface area contributed by atoms with Gasteiger partial charge in [-0.05, 0) is 42.5 Å². The Labute approximate surface area is 165 Å². The quantitative estimate of drug-likeness (QED) is 0.855. The lowest BCUT2D eigenvalue weighted by Gasteiger charge is -2.45. The van der Waals surface area contributed by atoms with Crippen LogP contribution >= 0.6 is 0 Å². The fourth-order valence-electron chi connectivity index (χ4n) is 4.43. The van der Waals surface area contributed by atoms with E-state index in [1.54, 1.807) is 26.2 Å². The number of aromatic nitrogens is 1. The minimum absolute atomic E-state index is 0.0516. The van der Waals surface area contributed by atoms with E-state index in [2.05, 4.69) is 28.6 Å². The standard InChI is InChI=1S/C22H26N4O2/c1-13-20(25-19-11-10-16(12-24-19)22(28)23-3)17-6-4-5-7-18(17)26(14(2)27)21(13)15-8-9-15/h4-7,10-13,15,20-21H,8-9H2,1-3H3,(H,23,28)(H,24,25)/t13-,20?,21-/m1/s1. The molecule has 0 bridgehead atoms. The molecule has 0 radical (unpaired) electrons. The second kappa shape index (κ2) is 7.26. The van der Waals surface area contributed by atoms with Crippen LogP contribution in [0.2, 0.25) is 0 Å². The Kier molecular flexibility index (Phi) is 4.79. The Morgan fingerprint density at radius 3 is 2.50 bits per heavy atom. The summed E-state index contributed by atoms with van der Waals surface area (Å²) in [5.41, 5.74) is 2.63. The van der Waals surface area contributed by atoms with Crippen LogP contribution < -0.4 is 15.5 Å². The SMILES string of the molecule is CNC(=O)c1ccc(NC2c3ccccc3N(C(C)=O)[C@@H](C3CC3)[C@@H]2C)nc1. The van der Waals surface area contributed by atoms with Crippen molar-refractivity contribution in [1.29, 1.82) is 0 Å². The normalized spacial score (nSPS) is 23.7. The number of nitrogens with zero attached hydrogens (tertiary/aromatic N) is 2. The average molecular weight is 378 g/mol. The molecule has 2 N–H and O–H groups in total. The summed E-state index contributed by atoms with van der Waals surface area (Å²) in [6.45, 7) is 3.87. The molecule has 1 aliphatic carbocycles. The number of benzene rings is 1. The van der Waals surface area contributed by atoms with Crippen molar-refractivity contribution in [1.82, 2.24) is 10.3 Å². The van der Waals surface area contributed by atoms with E-state index in [9.17, 15) is 9.59 Å². The third kappa shape index (κ3) is 3.23. The van der Waals surface area contributed by atoms with Gasteiger partial charge in [0.15, 0.2) is 0 Å². The summed E-state index contributed by atoms with van der Waals surface area (Å²) in [6.07, 6.45) is 3.93. The molecular formula is C22H26N4O2. The third-order valence-corrected chi connectivity index (χ3v) is 5.89. The van der Waals surface area contributed by atoms with E-state index in [0.29, 0.717) is 11.5 Å². The number of carbonyl (C=O) groups excluding carboxylic acids is 2. The first-order valence-corrected chi connectivity index (χ1v) is 9.84. The number of anilines is 2. The monoisotopic (exact) mass is 378 g/mol. The molecule has 6 nitrogen and oxygen atoms in total. The molecule has 2 amide bonds. The van der Waals surface area contributed by atoms with Crippen molar-refractivity contribution in [3.05, 3.63) is 53.7 Å². The zero-order valence-electron chi connectivity index (χ0n) is 16.5. The number of hydrogen-bond acceptors (Lipinski definition) is 4. The number of fused-ring (bicyclic) bond motifs is 1. The van der Waals surface area contributed by atoms with Crippen LogP contribution in [0.15, 0.2) is 42.6 Å². The number of hydrogen-bond donors (Lipinski definition) is 2. The highest BCUT2D eigenvalue weighted by atomic mass is 16.2. The lowest BCUT2D eigenvalue weighted by molar-refractivity contribution is -0.117. The molecule has 1 aromatic heterocycles. The zero-order chi connectivity index (χ0) is 19.8. The molecule has 6 heteroatoms. The molecule has 1 fully saturated rings. The molecule has 1 aromatic carbocycles. The van der Waals surface area contributed by atoms with Gasteiger partial charge in [-0.1, -0.05) is 25.1 Å². The van der Waals surface area contributed by atoms with E-state index in [1.165, 1.54) is 12.8 Å². The Balaban J connectivity index is 1.68. The van der Waals surface area contributed by atoms with Gasteiger partial charge in [-0.3, -0.25) is 9.59 Å². The topological polar surface area (TPSA) is 74.3 Å². The first-order valence-electron chi connectivity index (χ1n) is 9.84. The van der Waals surface area contributed by atoms with Gasteiger partial charge in [0.2, 0.25) is 5.91 Å². The van der Waals surface area contributed by atoms with E-state index < -0.39 is 0 Å². The van der Waals surface area contributed by atoms with Gasteiger partial charge in [0.25, 0.3) is 5.91 Å². The van der Waals surface area contributed by atoms with Crippen LogP contribution in [-0.2, 0) is 4.79 Å². The first kappa shape index (κ1) is 18.5. The molecule has 1 unspecified atom stereocenters. The van der Waals surface area contributed by atoms with Gasteiger partial charge in [-0.15, -0.1) is 0 Å². The number of para-hydroxylation sites is 1. The summed E-state index contributed by atoms with van der Waals surface area (Å²) in [4.78, 5) is 30.7. The molecule has 1 saturated carbocycles. The van der Waals surface area contributed by atoms with E-state index in [0.717, 1.165) is 17.1 Å². The van der Waals surface area contributed by atoms with Crippen molar-refractivity contribution in [2.75, 3.05) is 17.3 Å². The van der Waals surface area contributed by atoms with Crippen molar-refractivity contribution in [3.8, 4) is 0 Å². The average Bonchev–Trinajstić information content (AvgIpc) is 3.54. The summed E-state index contributed by atoms with van der Waals surface area (Å²) in [5.74, 6) is 1.47. The predicted octanol–water partition coefficient (Wildman–Crippen LogP) is 3.38. The van der Waals surface area contributed by atoms with E-state index in [1.807, 2.05) is 29.2 Å². The molecule has 2 heterocycles. The summed E-state index contributed by atoms with van der Waals surface area (Å²) in [7, 11) is 1.61. The van der Waals surface area contributed by atoms with Gasteiger partial charge in [0.1, 0.15) is 5.82 Å². The van der Waals surface area contributed by atoms with E-state index in [-0.39, 0.29) is 29.8 Å². The second-order valence-electron chi connectivity index (χ2n) is 7.77. The molecule has 0 saturated heterocycles. The van der Waals surface area contributed by atoms with Crippen LogP contribution in [0.5, 0.6) is 0 Å². The lowest BCUT2D eigenvalue weighted by atomic mass is 9.80. The second-order valence-corrected chi connectivity index (χ2v) is 7.77. The molecule has 2 aliphatic rings. The first-order chi connectivity index (χ1) is 13.5. The number of nitrogens with one attached hydrogen (secondary N) is 2. The maximum absolute atomic E-state index is 12.5. The predicted molar refractivity (Wildman–Crippen MR) is 109 cm³/mol. The molecular weight excluding hydrogens is 352 g/mol. The van der Waals surface area contributed by atoms with E-state index in [4.69, 9.17) is 0 Å². The molecule has 0 spiro atoms. The van der Waals surface area contributed by atoms with Crippen LogP contribution in [0.1, 0.15) is 48.7 Å². The number of carbonyl (C=O) groups is 2. The minimum Gasteiger partial charge on any atom is -0.363 e. The molecule has 1 aliphatic heterocycles. The number of amides is 2. The Morgan fingerprint density at radius 1 is 1.14 bits per heavy atom. The highest BCUT2D eigenvalue weighted by Gasteiger charge is 2.47. The highest BCUT2D eigenvalue weighted by molar-refractivity contribution is 5.94. The Morgan fingerprint density at radius 2 is 1.89 bits per heavy atom. The van der Waals surface area contributed by atoms with Crippen molar-refractivity contribution in [2.24, 2.45) is 11.8 Å². The fourth-order valence-corrected chi connectivity index (χ4v) is 4.43. The van der Waals surface area contributed by atoms with Gasteiger partial charge in [-0.25, -0.2) is 4.98 Å². The van der Waals surface area contributed by atoms with Crippen molar-refractivity contribution in [3.63, 3.8) is 0 Å². The molecule has 3 atom stereocenters. The summed E-state index contributed by atoms with van der Waals surface area (Å²) >= 11 is 0. The third-order valence-electron chi connectivity index (χ3n) is 5.89. The van der Waals surface area contributed by atoms with Gasteiger partial charge in [0, 0.05) is 37.8 Å². The largest absolute Gasteiger partial charge is 0.363 e. The maximum atomic E-state index is 12.5. The lowest BCUT2D eigenvalue weighted by Crippen LogP contribution is -2.51. The molecule has 2 aromatic rings. The number of rotatable bonds is 4. The Hall–Kier alpha value is -2.89. The zero-order valence-corrected chi connectivity index (χ0v) is 16.5. The van der Waals surface area contributed by atoms with Gasteiger partial charge < -0.3 is 15.5 Å². The minimum atomic E-state index is -0.152. The fraction of sp³-hybridized carbons (Fsp3) is 0.409. The van der Waals surface area contributed by atoms with Crippen LogP contribution in [0, 0.1) is 11.8 Å². The van der Waals surface area contributed by atoms with Crippen molar-refractivity contribution >= 4 is 23.3 Å². The van der Waals surface area contributed by atoms with Crippen LogP contribution in [0.3, 0.4) is 0 Å². The molecule has 28 heavy (non-hydrogen) atoms. The molecule has 146 valence electrons. The van der Waals surface area contributed by atoms with Crippen molar-refractivity contribution in [2.45, 2.75) is 38.8 Å². The molecule has 4 rings (SSSR count). The van der Waals surface area contributed by atoms with Crippen LogP contribution in [-0.4, -0.2) is 29.9 Å². The summed E-state index contributed by atoms with van der Waals surface area (Å²) in [6, 6.07) is 12.0. The summed E-state index contributed by atoms with van der Waals surface area (Å²) < 4.78 is 0.